The van der Waals surface area contributed by atoms with Gasteiger partial charge in [-0.05, 0) is 58.8 Å². The van der Waals surface area contributed by atoms with Crippen LogP contribution in [0.2, 0.25) is 0 Å². The number of furan rings is 1. The van der Waals surface area contributed by atoms with Gasteiger partial charge in [0.2, 0.25) is 10.0 Å². The van der Waals surface area contributed by atoms with Crippen LogP contribution in [0.4, 0.5) is 0 Å². The molecule has 0 saturated carbocycles. The third-order valence-corrected chi connectivity index (χ3v) is 6.23. The van der Waals surface area contributed by atoms with Gasteiger partial charge in [0.05, 0.1) is 12.0 Å². The number of rotatable bonds is 5. The van der Waals surface area contributed by atoms with Crippen LogP contribution in [0.1, 0.15) is 13.8 Å². The summed E-state index contributed by atoms with van der Waals surface area (Å²) in [5.41, 5.74) is 1.17. The van der Waals surface area contributed by atoms with E-state index in [2.05, 4.69) is 27.3 Å². The highest BCUT2D eigenvalue weighted by atomic mass is 127. The molecule has 138 valence electrons. The molecule has 1 aromatic heterocycles. The van der Waals surface area contributed by atoms with Crippen LogP contribution in [0.5, 0.6) is 0 Å². The number of methoxy groups -OCH3 is 1. The van der Waals surface area contributed by atoms with Gasteiger partial charge in [0, 0.05) is 20.4 Å². The van der Waals surface area contributed by atoms with E-state index in [9.17, 15) is 13.2 Å². The van der Waals surface area contributed by atoms with E-state index in [0.29, 0.717) is 11.2 Å². The first-order chi connectivity index (χ1) is 12.2. The van der Waals surface area contributed by atoms with Crippen LogP contribution in [0.15, 0.2) is 45.7 Å². The normalized spacial score (nSPS) is 13.4. The van der Waals surface area contributed by atoms with Crippen LogP contribution in [0, 0.1) is 9.49 Å². The summed E-state index contributed by atoms with van der Waals surface area (Å²) in [7, 11) is -2.68. The Morgan fingerprint density at radius 2 is 1.73 bits per heavy atom. The second kappa shape index (κ2) is 7.16. The third kappa shape index (κ3) is 3.58. The molecular weight excluding hydrogens is 469 g/mol. The highest BCUT2D eigenvalue weighted by Crippen LogP contribution is 2.31. The largest absolute Gasteiger partial charge is 0.468 e. The topological polar surface area (TPSA) is 85.6 Å². The molecule has 3 rings (SSSR count). The summed E-state index contributed by atoms with van der Waals surface area (Å²) >= 11 is 2.19. The molecule has 1 atom stereocenters. The summed E-state index contributed by atoms with van der Waals surface area (Å²) in [6.45, 7) is 3.49. The lowest BCUT2D eigenvalue weighted by Crippen LogP contribution is -2.44. The van der Waals surface area contributed by atoms with Gasteiger partial charge in [-0.2, -0.15) is 4.72 Å². The number of nitrogens with one attached hydrogen (secondary N) is 1. The SMILES string of the molecule is COC(=O)C(NS(=O)(=O)c1ccc2c(c1)oc1cc(I)ccc12)C(C)C. The molecule has 0 amide bonds. The van der Waals surface area contributed by atoms with Crippen molar-refractivity contribution in [1.29, 1.82) is 0 Å². The summed E-state index contributed by atoms with van der Waals surface area (Å²) in [4.78, 5) is 11.9. The standard InChI is InChI=1S/C18H18INO5S/c1-10(2)17(18(21)24-3)20-26(22,23)12-5-7-14-13-6-4-11(19)8-15(13)25-16(14)9-12/h4-10,17,20H,1-3H3. The molecule has 0 radical (unpaired) electrons. The van der Waals surface area contributed by atoms with E-state index in [4.69, 9.17) is 9.15 Å². The van der Waals surface area contributed by atoms with E-state index in [1.54, 1.807) is 19.9 Å². The number of carbonyl (C=O) groups is 1. The minimum absolute atomic E-state index is 0.0355. The van der Waals surface area contributed by atoms with E-state index in [1.165, 1.54) is 19.2 Å². The molecule has 0 aliphatic carbocycles. The quantitative estimate of drug-likeness (QED) is 0.439. The molecule has 8 heteroatoms. The molecule has 6 nitrogen and oxygen atoms in total. The summed E-state index contributed by atoms with van der Waals surface area (Å²) in [6, 6.07) is 9.54. The Balaban J connectivity index is 2.03. The Morgan fingerprint density at radius 3 is 2.35 bits per heavy atom. The van der Waals surface area contributed by atoms with Crippen molar-refractivity contribution < 1.29 is 22.4 Å². The predicted octanol–water partition coefficient (Wildman–Crippen LogP) is 3.67. The number of benzene rings is 2. The molecule has 1 unspecified atom stereocenters. The second-order valence-corrected chi connectivity index (χ2v) is 9.23. The molecule has 0 spiro atoms. The molecule has 2 aromatic carbocycles. The van der Waals surface area contributed by atoms with Gasteiger partial charge >= 0.3 is 5.97 Å². The molecule has 26 heavy (non-hydrogen) atoms. The van der Waals surface area contributed by atoms with Crippen molar-refractivity contribution in [2.45, 2.75) is 24.8 Å². The Labute approximate surface area is 165 Å². The summed E-state index contributed by atoms with van der Waals surface area (Å²) in [5, 5.41) is 1.76. The van der Waals surface area contributed by atoms with E-state index >= 15 is 0 Å². The Kier molecular flexibility index (Phi) is 5.27. The van der Waals surface area contributed by atoms with Gasteiger partial charge in [0.25, 0.3) is 0 Å². The molecule has 1 N–H and O–H groups in total. The van der Waals surface area contributed by atoms with Crippen molar-refractivity contribution >= 4 is 60.5 Å². The van der Waals surface area contributed by atoms with E-state index in [0.717, 1.165) is 14.3 Å². The zero-order valence-corrected chi connectivity index (χ0v) is 17.4. The van der Waals surface area contributed by atoms with Crippen molar-refractivity contribution in [3.63, 3.8) is 0 Å². The maximum atomic E-state index is 12.7. The van der Waals surface area contributed by atoms with Gasteiger partial charge in [-0.25, -0.2) is 8.42 Å². The molecule has 0 aliphatic rings. The summed E-state index contributed by atoms with van der Waals surface area (Å²) in [6.07, 6.45) is 0. The highest BCUT2D eigenvalue weighted by Gasteiger charge is 2.29. The second-order valence-electron chi connectivity index (χ2n) is 6.27. The fourth-order valence-electron chi connectivity index (χ4n) is 2.72. The lowest BCUT2D eigenvalue weighted by Gasteiger charge is -2.19. The van der Waals surface area contributed by atoms with E-state index in [-0.39, 0.29) is 10.8 Å². The van der Waals surface area contributed by atoms with Gasteiger partial charge in [-0.15, -0.1) is 0 Å². The molecule has 0 aliphatic heterocycles. The lowest BCUT2D eigenvalue weighted by molar-refractivity contribution is -0.143. The zero-order valence-electron chi connectivity index (χ0n) is 14.4. The van der Waals surface area contributed by atoms with E-state index < -0.39 is 22.0 Å². The average Bonchev–Trinajstić information content (AvgIpc) is 2.95. The average molecular weight is 487 g/mol. The Morgan fingerprint density at radius 1 is 1.12 bits per heavy atom. The lowest BCUT2D eigenvalue weighted by atomic mass is 10.1. The number of hydrogen-bond acceptors (Lipinski definition) is 5. The summed E-state index contributed by atoms with van der Waals surface area (Å²) in [5.74, 6) is -0.878. The number of esters is 1. The van der Waals surface area contributed by atoms with Crippen LogP contribution < -0.4 is 4.72 Å². The van der Waals surface area contributed by atoms with Gasteiger partial charge in [0.15, 0.2) is 0 Å². The predicted molar refractivity (Wildman–Crippen MR) is 107 cm³/mol. The maximum Gasteiger partial charge on any atom is 0.324 e. The number of halogens is 1. The number of fused-ring (bicyclic) bond motifs is 3. The van der Waals surface area contributed by atoms with Crippen molar-refractivity contribution in [3.8, 4) is 0 Å². The van der Waals surface area contributed by atoms with Crippen LogP contribution in [0.3, 0.4) is 0 Å². The van der Waals surface area contributed by atoms with Crippen molar-refractivity contribution in [2.75, 3.05) is 7.11 Å². The Hall–Kier alpha value is -1.65. The number of sulfonamides is 1. The van der Waals surface area contributed by atoms with Crippen LogP contribution in [-0.2, 0) is 19.6 Å². The van der Waals surface area contributed by atoms with Crippen LogP contribution >= 0.6 is 22.6 Å². The third-order valence-electron chi connectivity index (χ3n) is 4.12. The fourth-order valence-corrected chi connectivity index (χ4v) is 4.53. The van der Waals surface area contributed by atoms with Crippen molar-refractivity contribution in [1.82, 2.24) is 4.72 Å². The Bertz CT molecular complexity index is 1090. The van der Waals surface area contributed by atoms with Gasteiger partial charge in [-0.3, -0.25) is 4.79 Å². The first kappa shape index (κ1) is 19.1. The number of ether oxygens (including phenoxy) is 1. The number of hydrogen-bond donors (Lipinski definition) is 1. The van der Waals surface area contributed by atoms with Crippen molar-refractivity contribution in [2.24, 2.45) is 5.92 Å². The van der Waals surface area contributed by atoms with Gasteiger partial charge < -0.3 is 9.15 Å². The van der Waals surface area contributed by atoms with Gasteiger partial charge in [-0.1, -0.05) is 13.8 Å². The zero-order chi connectivity index (χ0) is 19.1. The first-order valence-electron chi connectivity index (χ1n) is 7.95. The minimum Gasteiger partial charge on any atom is -0.468 e. The molecule has 0 saturated heterocycles. The molecular formula is C18H18INO5S. The molecule has 3 aromatic rings. The molecule has 0 bridgehead atoms. The fraction of sp³-hybridized carbons (Fsp3) is 0.278. The number of carbonyl (C=O) groups excluding carboxylic acids is 1. The minimum atomic E-state index is -3.91. The van der Waals surface area contributed by atoms with E-state index in [1.807, 2.05) is 18.2 Å². The molecule has 1 heterocycles. The van der Waals surface area contributed by atoms with Gasteiger partial charge in [0.1, 0.15) is 17.2 Å². The van der Waals surface area contributed by atoms with Crippen LogP contribution in [0.25, 0.3) is 21.9 Å². The summed E-state index contributed by atoms with van der Waals surface area (Å²) < 4.78 is 39.4. The highest BCUT2D eigenvalue weighted by molar-refractivity contribution is 14.1. The molecule has 0 fully saturated rings. The monoisotopic (exact) mass is 487 g/mol. The smallest absolute Gasteiger partial charge is 0.324 e. The van der Waals surface area contributed by atoms with Crippen LogP contribution in [-0.4, -0.2) is 27.5 Å². The maximum absolute atomic E-state index is 12.7. The van der Waals surface area contributed by atoms with Crippen molar-refractivity contribution in [3.05, 3.63) is 40.0 Å². The first-order valence-corrected chi connectivity index (χ1v) is 10.5.